The van der Waals surface area contributed by atoms with Crippen molar-refractivity contribution in [2.24, 2.45) is 5.84 Å². The standard InChI is InChI=1S/C8H14N4S/c1-13-3-2-8(12-9)7-4-10-6-11-5-7/h4-6,8,12H,2-3,9H2,1H3. The van der Waals surface area contributed by atoms with Crippen molar-refractivity contribution in [3.05, 3.63) is 24.3 Å². The van der Waals surface area contributed by atoms with Gasteiger partial charge in [0.25, 0.3) is 0 Å². The predicted octanol–water partition coefficient (Wildman–Crippen LogP) is 0.734. The highest BCUT2D eigenvalue weighted by molar-refractivity contribution is 7.98. The fourth-order valence-electron chi connectivity index (χ4n) is 1.07. The van der Waals surface area contributed by atoms with Crippen LogP contribution in [0.2, 0.25) is 0 Å². The van der Waals surface area contributed by atoms with Gasteiger partial charge in [0.1, 0.15) is 6.33 Å². The molecular formula is C8H14N4S. The quantitative estimate of drug-likeness (QED) is 0.539. The summed E-state index contributed by atoms with van der Waals surface area (Å²) in [4.78, 5) is 7.90. The molecule has 1 aromatic rings. The molecule has 0 saturated heterocycles. The number of nitrogens with two attached hydrogens (primary N) is 1. The van der Waals surface area contributed by atoms with E-state index in [0.717, 1.165) is 17.7 Å². The third kappa shape index (κ3) is 3.30. The number of thioether (sulfide) groups is 1. The van der Waals surface area contributed by atoms with Crippen LogP contribution in [0, 0.1) is 0 Å². The maximum absolute atomic E-state index is 5.43. The Morgan fingerprint density at radius 3 is 2.77 bits per heavy atom. The first-order valence-corrected chi connectivity index (χ1v) is 5.48. The molecule has 1 atom stereocenters. The molecule has 4 nitrogen and oxygen atoms in total. The molecule has 13 heavy (non-hydrogen) atoms. The van der Waals surface area contributed by atoms with Gasteiger partial charge in [-0.05, 0) is 18.4 Å². The van der Waals surface area contributed by atoms with E-state index in [1.165, 1.54) is 6.33 Å². The third-order valence-corrected chi connectivity index (χ3v) is 2.44. The minimum atomic E-state index is 0.161. The minimum absolute atomic E-state index is 0.161. The first-order chi connectivity index (χ1) is 6.38. The van der Waals surface area contributed by atoms with Crippen molar-refractivity contribution >= 4 is 11.8 Å². The van der Waals surface area contributed by atoms with Crippen molar-refractivity contribution in [3.8, 4) is 0 Å². The van der Waals surface area contributed by atoms with E-state index in [0.29, 0.717) is 0 Å². The molecule has 0 spiro atoms. The Hall–Kier alpha value is -0.650. The van der Waals surface area contributed by atoms with E-state index in [2.05, 4.69) is 21.6 Å². The monoisotopic (exact) mass is 198 g/mol. The summed E-state index contributed by atoms with van der Waals surface area (Å²) in [6, 6.07) is 0.161. The SMILES string of the molecule is CSCCC(NN)c1cncnc1. The molecule has 0 bridgehead atoms. The van der Waals surface area contributed by atoms with Crippen LogP contribution in [0.1, 0.15) is 18.0 Å². The van der Waals surface area contributed by atoms with Gasteiger partial charge in [0.05, 0.1) is 0 Å². The molecule has 72 valence electrons. The van der Waals surface area contributed by atoms with Gasteiger partial charge in [-0.1, -0.05) is 0 Å². The summed E-state index contributed by atoms with van der Waals surface area (Å²) in [6.45, 7) is 0. The lowest BCUT2D eigenvalue weighted by Gasteiger charge is -2.14. The van der Waals surface area contributed by atoms with E-state index in [4.69, 9.17) is 5.84 Å². The van der Waals surface area contributed by atoms with Crippen LogP contribution in [-0.4, -0.2) is 22.0 Å². The molecule has 3 N–H and O–H groups in total. The lowest BCUT2D eigenvalue weighted by Crippen LogP contribution is -2.28. The number of nitrogens with zero attached hydrogens (tertiary/aromatic N) is 2. The summed E-state index contributed by atoms with van der Waals surface area (Å²) >= 11 is 1.80. The summed E-state index contributed by atoms with van der Waals surface area (Å²) in [5.41, 5.74) is 3.80. The average molecular weight is 198 g/mol. The zero-order valence-corrected chi connectivity index (χ0v) is 8.42. The van der Waals surface area contributed by atoms with E-state index in [1.54, 1.807) is 24.2 Å². The first kappa shape index (κ1) is 10.4. The van der Waals surface area contributed by atoms with Crippen LogP contribution in [0.3, 0.4) is 0 Å². The van der Waals surface area contributed by atoms with Gasteiger partial charge in [-0.3, -0.25) is 11.3 Å². The second-order valence-electron chi connectivity index (χ2n) is 2.67. The van der Waals surface area contributed by atoms with Gasteiger partial charge in [0, 0.05) is 24.0 Å². The second-order valence-corrected chi connectivity index (χ2v) is 3.66. The van der Waals surface area contributed by atoms with Crippen molar-refractivity contribution in [1.29, 1.82) is 0 Å². The number of aromatic nitrogens is 2. The van der Waals surface area contributed by atoms with Crippen LogP contribution in [-0.2, 0) is 0 Å². The Bertz CT molecular complexity index is 229. The fourth-order valence-corrected chi connectivity index (χ4v) is 1.54. The summed E-state index contributed by atoms with van der Waals surface area (Å²) in [7, 11) is 0. The third-order valence-electron chi connectivity index (χ3n) is 1.79. The van der Waals surface area contributed by atoms with Gasteiger partial charge in [0.15, 0.2) is 0 Å². The molecule has 0 saturated carbocycles. The van der Waals surface area contributed by atoms with Gasteiger partial charge < -0.3 is 0 Å². The van der Waals surface area contributed by atoms with E-state index >= 15 is 0 Å². The zero-order valence-electron chi connectivity index (χ0n) is 7.60. The van der Waals surface area contributed by atoms with Gasteiger partial charge in [0.2, 0.25) is 0 Å². The van der Waals surface area contributed by atoms with Crippen molar-refractivity contribution in [2.75, 3.05) is 12.0 Å². The van der Waals surface area contributed by atoms with E-state index in [1.807, 2.05) is 0 Å². The Morgan fingerprint density at radius 2 is 2.23 bits per heavy atom. The topological polar surface area (TPSA) is 63.8 Å². The first-order valence-electron chi connectivity index (χ1n) is 4.08. The van der Waals surface area contributed by atoms with Crippen LogP contribution in [0.4, 0.5) is 0 Å². The van der Waals surface area contributed by atoms with Crippen LogP contribution in [0.5, 0.6) is 0 Å². The average Bonchev–Trinajstić information content (AvgIpc) is 2.21. The van der Waals surface area contributed by atoms with Gasteiger partial charge in [-0.25, -0.2) is 9.97 Å². The zero-order chi connectivity index (χ0) is 9.52. The molecule has 0 aromatic carbocycles. The largest absolute Gasteiger partial charge is 0.271 e. The van der Waals surface area contributed by atoms with Crippen molar-refractivity contribution in [2.45, 2.75) is 12.5 Å². The van der Waals surface area contributed by atoms with Crippen LogP contribution < -0.4 is 11.3 Å². The van der Waals surface area contributed by atoms with Crippen molar-refractivity contribution in [3.63, 3.8) is 0 Å². The van der Waals surface area contributed by atoms with Gasteiger partial charge in [-0.2, -0.15) is 11.8 Å². The summed E-state index contributed by atoms with van der Waals surface area (Å²) in [6.07, 6.45) is 8.17. The highest BCUT2D eigenvalue weighted by Gasteiger charge is 2.08. The Kier molecular flexibility index (Phi) is 4.74. The molecule has 1 heterocycles. The minimum Gasteiger partial charge on any atom is -0.271 e. The lowest BCUT2D eigenvalue weighted by molar-refractivity contribution is 0.539. The molecule has 0 aliphatic carbocycles. The predicted molar refractivity (Wildman–Crippen MR) is 55.1 cm³/mol. The highest BCUT2D eigenvalue weighted by Crippen LogP contribution is 2.15. The fraction of sp³-hybridized carbons (Fsp3) is 0.500. The number of hydrogen-bond donors (Lipinski definition) is 2. The Balaban J connectivity index is 2.56. The molecule has 0 radical (unpaired) electrons. The Labute approximate surface area is 82.3 Å². The maximum Gasteiger partial charge on any atom is 0.115 e. The second kappa shape index (κ2) is 5.90. The molecule has 0 fully saturated rings. The van der Waals surface area contributed by atoms with E-state index < -0.39 is 0 Å². The molecular weight excluding hydrogens is 184 g/mol. The van der Waals surface area contributed by atoms with Crippen LogP contribution in [0.25, 0.3) is 0 Å². The Morgan fingerprint density at radius 1 is 1.54 bits per heavy atom. The van der Waals surface area contributed by atoms with E-state index in [-0.39, 0.29) is 6.04 Å². The van der Waals surface area contributed by atoms with Crippen LogP contribution >= 0.6 is 11.8 Å². The van der Waals surface area contributed by atoms with Crippen LogP contribution in [0.15, 0.2) is 18.7 Å². The normalized spacial score (nSPS) is 12.8. The summed E-state index contributed by atoms with van der Waals surface area (Å²) in [5, 5.41) is 0. The van der Waals surface area contributed by atoms with Gasteiger partial charge in [-0.15, -0.1) is 0 Å². The molecule has 0 amide bonds. The number of rotatable bonds is 5. The summed E-state index contributed by atoms with van der Waals surface area (Å²) in [5.74, 6) is 6.50. The van der Waals surface area contributed by atoms with E-state index in [9.17, 15) is 0 Å². The smallest absolute Gasteiger partial charge is 0.115 e. The van der Waals surface area contributed by atoms with Crippen molar-refractivity contribution in [1.82, 2.24) is 15.4 Å². The number of hydrazine groups is 1. The highest BCUT2D eigenvalue weighted by atomic mass is 32.2. The molecule has 0 aliphatic heterocycles. The van der Waals surface area contributed by atoms with Crippen molar-refractivity contribution < 1.29 is 0 Å². The maximum atomic E-state index is 5.43. The molecule has 1 aromatic heterocycles. The molecule has 1 unspecified atom stereocenters. The number of hydrogen-bond acceptors (Lipinski definition) is 5. The summed E-state index contributed by atoms with van der Waals surface area (Å²) < 4.78 is 0. The lowest BCUT2D eigenvalue weighted by atomic mass is 10.1. The molecule has 0 aliphatic rings. The molecule has 5 heteroatoms. The number of nitrogens with one attached hydrogen (secondary N) is 1. The van der Waals surface area contributed by atoms with Gasteiger partial charge >= 0.3 is 0 Å². The molecule has 1 rings (SSSR count).